The van der Waals surface area contributed by atoms with E-state index in [-0.39, 0.29) is 0 Å². The minimum Gasteiger partial charge on any atom is -0.485 e. The first-order valence-electron chi connectivity index (χ1n) is 7.29. The fraction of sp³-hybridized carbons (Fsp3) is 0.533. The zero-order chi connectivity index (χ0) is 15.2. The number of hydrogen-bond acceptors (Lipinski definition) is 5. The molecule has 6 heteroatoms. The third-order valence-corrected chi connectivity index (χ3v) is 3.31. The predicted molar refractivity (Wildman–Crippen MR) is 81.0 cm³/mol. The first-order chi connectivity index (χ1) is 10.1. The number of ether oxygens (including phenoxy) is 1. The molecule has 6 nitrogen and oxygen atoms in total. The molecule has 114 valence electrons. The van der Waals surface area contributed by atoms with E-state index in [0.29, 0.717) is 18.5 Å². The lowest BCUT2D eigenvalue weighted by Crippen LogP contribution is -2.19. The van der Waals surface area contributed by atoms with Crippen molar-refractivity contribution in [3.05, 3.63) is 35.2 Å². The van der Waals surface area contributed by atoms with Gasteiger partial charge in [0.05, 0.1) is 7.05 Å². The Kier molecular flexibility index (Phi) is 5.27. The van der Waals surface area contributed by atoms with Gasteiger partial charge in [-0.15, -0.1) is 10.2 Å². The third kappa shape index (κ3) is 4.26. The Morgan fingerprint density at radius 2 is 2.19 bits per heavy atom. The SMILES string of the molecule is CCCNC(C)c1ccc(OCc2nnn(C)n2)c(C)c1. The van der Waals surface area contributed by atoms with Crippen molar-refractivity contribution in [2.45, 2.75) is 39.8 Å². The molecule has 0 amide bonds. The number of tetrazole rings is 1. The van der Waals surface area contributed by atoms with E-state index in [4.69, 9.17) is 4.74 Å². The average Bonchev–Trinajstić information content (AvgIpc) is 2.89. The number of benzene rings is 1. The third-order valence-electron chi connectivity index (χ3n) is 3.31. The molecule has 1 aromatic heterocycles. The van der Waals surface area contributed by atoms with Crippen LogP contribution in [0.15, 0.2) is 18.2 Å². The van der Waals surface area contributed by atoms with E-state index >= 15 is 0 Å². The van der Waals surface area contributed by atoms with Crippen LogP contribution >= 0.6 is 0 Å². The van der Waals surface area contributed by atoms with Gasteiger partial charge in [-0.05, 0) is 49.2 Å². The average molecular weight is 289 g/mol. The molecule has 2 rings (SSSR count). The Hall–Kier alpha value is -1.95. The smallest absolute Gasteiger partial charge is 0.212 e. The molecule has 1 unspecified atom stereocenters. The molecule has 1 N–H and O–H groups in total. The molecule has 1 aromatic carbocycles. The molecule has 0 saturated heterocycles. The van der Waals surface area contributed by atoms with Crippen molar-refractivity contribution in [1.29, 1.82) is 0 Å². The van der Waals surface area contributed by atoms with Crippen molar-refractivity contribution in [3.8, 4) is 5.75 Å². The van der Waals surface area contributed by atoms with Crippen LogP contribution in [0, 0.1) is 6.92 Å². The van der Waals surface area contributed by atoms with Gasteiger partial charge in [0, 0.05) is 6.04 Å². The van der Waals surface area contributed by atoms with Crippen LogP contribution in [0.2, 0.25) is 0 Å². The van der Waals surface area contributed by atoms with Gasteiger partial charge in [0.25, 0.3) is 0 Å². The van der Waals surface area contributed by atoms with Crippen molar-refractivity contribution in [3.63, 3.8) is 0 Å². The second-order valence-corrected chi connectivity index (χ2v) is 5.18. The van der Waals surface area contributed by atoms with E-state index in [2.05, 4.69) is 53.6 Å². The molecule has 0 aliphatic heterocycles. The molecule has 0 aliphatic rings. The first kappa shape index (κ1) is 15.4. The van der Waals surface area contributed by atoms with E-state index in [0.717, 1.165) is 24.3 Å². The van der Waals surface area contributed by atoms with Crippen molar-refractivity contribution in [2.24, 2.45) is 7.05 Å². The van der Waals surface area contributed by atoms with Gasteiger partial charge in [0.15, 0.2) is 6.61 Å². The van der Waals surface area contributed by atoms with Crippen molar-refractivity contribution >= 4 is 0 Å². The minimum absolute atomic E-state index is 0.331. The highest BCUT2D eigenvalue weighted by Gasteiger charge is 2.08. The number of rotatable bonds is 7. The van der Waals surface area contributed by atoms with Gasteiger partial charge in [-0.1, -0.05) is 19.1 Å². The molecule has 21 heavy (non-hydrogen) atoms. The molecule has 0 radical (unpaired) electrons. The predicted octanol–water partition coefficient (Wildman–Crippen LogP) is 2.16. The topological polar surface area (TPSA) is 64.9 Å². The van der Waals surface area contributed by atoms with Crippen LogP contribution in [0.5, 0.6) is 5.75 Å². The lowest BCUT2D eigenvalue weighted by atomic mass is 10.0. The number of aryl methyl sites for hydroxylation is 2. The summed E-state index contributed by atoms with van der Waals surface area (Å²) in [7, 11) is 1.74. The van der Waals surface area contributed by atoms with Crippen molar-refractivity contribution in [1.82, 2.24) is 25.5 Å². The number of nitrogens with one attached hydrogen (secondary N) is 1. The van der Waals surface area contributed by atoms with Gasteiger partial charge in [-0.3, -0.25) is 0 Å². The van der Waals surface area contributed by atoms with Crippen LogP contribution in [-0.2, 0) is 13.7 Å². The molecule has 1 atom stereocenters. The zero-order valence-electron chi connectivity index (χ0n) is 13.1. The molecular formula is C15H23N5O. The summed E-state index contributed by atoms with van der Waals surface area (Å²) < 4.78 is 5.75. The van der Waals surface area contributed by atoms with Crippen LogP contribution in [0.3, 0.4) is 0 Å². The van der Waals surface area contributed by atoms with Crippen molar-refractivity contribution < 1.29 is 4.74 Å². The second-order valence-electron chi connectivity index (χ2n) is 5.18. The molecule has 0 aliphatic carbocycles. The molecular weight excluding hydrogens is 266 g/mol. The van der Waals surface area contributed by atoms with Gasteiger partial charge in [-0.2, -0.15) is 4.80 Å². The van der Waals surface area contributed by atoms with E-state index < -0.39 is 0 Å². The summed E-state index contributed by atoms with van der Waals surface area (Å²) in [6.07, 6.45) is 1.13. The Morgan fingerprint density at radius 1 is 1.38 bits per heavy atom. The van der Waals surface area contributed by atoms with E-state index in [1.54, 1.807) is 7.05 Å². The van der Waals surface area contributed by atoms with Crippen molar-refractivity contribution in [2.75, 3.05) is 6.54 Å². The lowest BCUT2D eigenvalue weighted by molar-refractivity contribution is 0.293. The summed E-state index contributed by atoms with van der Waals surface area (Å²) >= 11 is 0. The molecule has 0 bridgehead atoms. The Morgan fingerprint density at radius 3 is 2.81 bits per heavy atom. The number of aromatic nitrogens is 4. The van der Waals surface area contributed by atoms with Gasteiger partial charge >= 0.3 is 0 Å². The molecule has 0 fully saturated rings. The van der Waals surface area contributed by atoms with Crippen LogP contribution in [0.1, 0.15) is 43.3 Å². The summed E-state index contributed by atoms with van der Waals surface area (Å²) in [5.74, 6) is 1.44. The van der Waals surface area contributed by atoms with Crippen LogP contribution in [-0.4, -0.2) is 26.8 Å². The summed E-state index contributed by atoms with van der Waals surface area (Å²) in [5, 5.41) is 15.3. The lowest BCUT2D eigenvalue weighted by Gasteiger charge is -2.16. The van der Waals surface area contributed by atoms with Crippen LogP contribution in [0.25, 0.3) is 0 Å². The van der Waals surface area contributed by atoms with E-state index in [1.807, 2.05) is 6.07 Å². The largest absolute Gasteiger partial charge is 0.485 e. The summed E-state index contributed by atoms with van der Waals surface area (Å²) in [6.45, 7) is 7.75. The van der Waals surface area contributed by atoms with E-state index in [1.165, 1.54) is 10.4 Å². The molecule has 2 aromatic rings. The quantitative estimate of drug-likeness (QED) is 0.846. The highest BCUT2D eigenvalue weighted by molar-refractivity contribution is 5.37. The van der Waals surface area contributed by atoms with E-state index in [9.17, 15) is 0 Å². The van der Waals surface area contributed by atoms with Gasteiger partial charge in [-0.25, -0.2) is 0 Å². The minimum atomic E-state index is 0.331. The maximum Gasteiger partial charge on any atom is 0.212 e. The normalized spacial score (nSPS) is 12.4. The van der Waals surface area contributed by atoms with Crippen LogP contribution < -0.4 is 10.1 Å². The fourth-order valence-electron chi connectivity index (χ4n) is 2.11. The maximum absolute atomic E-state index is 5.75. The number of nitrogens with zero attached hydrogens (tertiary/aromatic N) is 4. The standard InChI is InChI=1S/C15H23N5O/c1-5-8-16-12(3)13-6-7-14(11(2)9-13)21-10-15-17-19-20(4)18-15/h6-7,9,12,16H,5,8,10H2,1-4H3. The number of hydrogen-bond donors (Lipinski definition) is 1. The highest BCUT2D eigenvalue weighted by Crippen LogP contribution is 2.23. The highest BCUT2D eigenvalue weighted by atomic mass is 16.5. The maximum atomic E-state index is 5.75. The molecule has 0 spiro atoms. The second kappa shape index (κ2) is 7.17. The van der Waals surface area contributed by atoms with Gasteiger partial charge < -0.3 is 10.1 Å². The molecule has 0 saturated carbocycles. The summed E-state index contributed by atoms with van der Waals surface area (Å²) in [4.78, 5) is 1.43. The Labute approximate surface area is 125 Å². The fourth-order valence-corrected chi connectivity index (χ4v) is 2.11. The summed E-state index contributed by atoms with van der Waals surface area (Å²) in [5.41, 5.74) is 2.38. The summed E-state index contributed by atoms with van der Waals surface area (Å²) in [6, 6.07) is 6.61. The Bertz CT molecular complexity index is 581. The Balaban J connectivity index is 1.98. The monoisotopic (exact) mass is 289 g/mol. The first-order valence-corrected chi connectivity index (χ1v) is 7.29. The van der Waals surface area contributed by atoms with Crippen LogP contribution in [0.4, 0.5) is 0 Å². The van der Waals surface area contributed by atoms with Gasteiger partial charge in [0.1, 0.15) is 5.75 Å². The molecule has 1 heterocycles. The zero-order valence-corrected chi connectivity index (χ0v) is 13.1. The van der Waals surface area contributed by atoms with Gasteiger partial charge in [0.2, 0.25) is 5.82 Å².